The molecule has 2 heterocycles. The molecule has 0 saturated carbocycles. The summed E-state index contributed by atoms with van der Waals surface area (Å²) in [6.07, 6.45) is 3.84. The van der Waals surface area contributed by atoms with Crippen molar-refractivity contribution in [3.05, 3.63) is 81.3 Å². The van der Waals surface area contributed by atoms with E-state index in [9.17, 15) is 4.79 Å². The minimum absolute atomic E-state index is 0.127. The third-order valence-corrected chi connectivity index (χ3v) is 6.35. The normalized spacial score (nSPS) is 23.5. The van der Waals surface area contributed by atoms with Gasteiger partial charge in [-0.25, -0.2) is 0 Å². The van der Waals surface area contributed by atoms with Crippen molar-refractivity contribution in [1.29, 1.82) is 0 Å². The monoisotopic (exact) mass is 349 g/mol. The molecule has 0 bridgehead atoms. The molecule has 1 aromatic heterocycles. The van der Waals surface area contributed by atoms with Crippen LogP contribution in [0.4, 0.5) is 0 Å². The highest BCUT2D eigenvalue weighted by Gasteiger charge is 2.37. The number of benzene rings is 1. The summed E-state index contributed by atoms with van der Waals surface area (Å²) in [5.74, 6) is 0.731. The van der Waals surface area contributed by atoms with Crippen LogP contribution in [0.3, 0.4) is 0 Å². The molecule has 3 heteroatoms. The minimum atomic E-state index is 0.127. The highest BCUT2D eigenvalue weighted by molar-refractivity contribution is 7.10. The van der Waals surface area contributed by atoms with Gasteiger partial charge in [-0.3, -0.25) is 4.79 Å². The zero-order valence-corrected chi connectivity index (χ0v) is 15.6. The summed E-state index contributed by atoms with van der Waals surface area (Å²) < 4.78 is 0. The predicted octanol–water partition coefficient (Wildman–Crippen LogP) is 5.47. The number of thiophene rings is 1. The first-order valence-corrected chi connectivity index (χ1v) is 9.87. The van der Waals surface area contributed by atoms with Gasteiger partial charge < -0.3 is 4.90 Å². The molecule has 2 nitrogen and oxygen atoms in total. The number of carbonyl (C=O) groups is 1. The predicted molar refractivity (Wildman–Crippen MR) is 104 cm³/mol. The van der Waals surface area contributed by atoms with Crippen molar-refractivity contribution in [1.82, 2.24) is 4.90 Å². The Bertz CT molecular complexity index is 832. The fourth-order valence-electron chi connectivity index (χ4n) is 4.24. The van der Waals surface area contributed by atoms with E-state index in [1.165, 1.54) is 21.8 Å². The highest BCUT2D eigenvalue weighted by atomic mass is 32.1. The summed E-state index contributed by atoms with van der Waals surface area (Å²) >= 11 is 1.75. The van der Waals surface area contributed by atoms with Crippen LogP contribution in [0.15, 0.2) is 70.9 Å². The molecule has 25 heavy (non-hydrogen) atoms. The Kier molecular flexibility index (Phi) is 4.34. The largest absolute Gasteiger partial charge is 0.349 e. The molecular weight excluding hydrogens is 326 g/mol. The SMILES string of the molecule is CCN1C(C)=CC(c2cccs2)C2=C1CC(c1ccccc1)CC2=O. The Morgan fingerprint density at radius 3 is 2.60 bits per heavy atom. The third-order valence-electron chi connectivity index (χ3n) is 5.39. The van der Waals surface area contributed by atoms with E-state index in [1.54, 1.807) is 11.3 Å². The Morgan fingerprint density at radius 2 is 1.92 bits per heavy atom. The van der Waals surface area contributed by atoms with Gasteiger partial charge in [0, 0.05) is 40.7 Å². The molecule has 0 spiro atoms. The lowest BCUT2D eigenvalue weighted by Gasteiger charge is -2.40. The fourth-order valence-corrected chi connectivity index (χ4v) is 5.04. The first-order chi connectivity index (χ1) is 12.2. The van der Waals surface area contributed by atoms with E-state index in [4.69, 9.17) is 0 Å². The zero-order chi connectivity index (χ0) is 17.4. The van der Waals surface area contributed by atoms with E-state index >= 15 is 0 Å². The number of rotatable bonds is 3. The minimum Gasteiger partial charge on any atom is -0.349 e. The van der Waals surface area contributed by atoms with Gasteiger partial charge in [-0.15, -0.1) is 11.3 Å². The van der Waals surface area contributed by atoms with Crippen molar-refractivity contribution in [2.24, 2.45) is 0 Å². The summed E-state index contributed by atoms with van der Waals surface area (Å²) in [6, 6.07) is 14.7. The number of hydrogen-bond donors (Lipinski definition) is 0. The first-order valence-electron chi connectivity index (χ1n) is 8.99. The summed E-state index contributed by atoms with van der Waals surface area (Å²) in [5, 5.41) is 2.10. The van der Waals surface area contributed by atoms with E-state index in [0.29, 0.717) is 12.2 Å². The molecule has 2 aliphatic rings. The average Bonchev–Trinajstić information content (AvgIpc) is 3.16. The van der Waals surface area contributed by atoms with E-state index in [0.717, 1.165) is 18.5 Å². The fraction of sp³-hybridized carbons (Fsp3) is 0.318. The summed E-state index contributed by atoms with van der Waals surface area (Å²) in [7, 11) is 0. The van der Waals surface area contributed by atoms with Crippen LogP contribution in [0.5, 0.6) is 0 Å². The molecule has 0 fully saturated rings. The quantitative estimate of drug-likeness (QED) is 0.732. The summed E-state index contributed by atoms with van der Waals surface area (Å²) in [5.41, 5.74) is 4.81. The topological polar surface area (TPSA) is 20.3 Å². The molecule has 2 unspecified atom stereocenters. The number of Topliss-reactive ketones (excluding diaryl/α,β-unsaturated/α-hetero) is 1. The molecule has 1 aliphatic heterocycles. The lowest BCUT2D eigenvalue weighted by Crippen LogP contribution is -2.34. The number of hydrogen-bond acceptors (Lipinski definition) is 3. The Morgan fingerprint density at radius 1 is 1.12 bits per heavy atom. The van der Waals surface area contributed by atoms with Gasteiger partial charge in [-0.05, 0) is 43.2 Å². The maximum Gasteiger partial charge on any atom is 0.162 e. The van der Waals surface area contributed by atoms with Crippen LogP contribution in [0.1, 0.15) is 49.0 Å². The van der Waals surface area contributed by atoms with Crippen LogP contribution in [-0.4, -0.2) is 17.2 Å². The molecular formula is C22H23NOS. The van der Waals surface area contributed by atoms with Gasteiger partial charge in [0.1, 0.15) is 0 Å². The molecule has 0 N–H and O–H groups in total. The van der Waals surface area contributed by atoms with Crippen molar-refractivity contribution >= 4 is 17.1 Å². The van der Waals surface area contributed by atoms with Gasteiger partial charge in [-0.1, -0.05) is 42.5 Å². The smallest absolute Gasteiger partial charge is 0.162 e. The Balaban J connectivity index is 1.78. The van der Waals surface area contributed by atoms with Gasteiger partial charge in [0.15, 0.2) is 5.78 Å². The van der Waals surface area contributed by atoms with Gasteiger partial charge in [-0.2, -0.15) is 0 Å². The Labute approximate surface area is 153 Å². The average molecular weight is 349 g/mol. The lowest BCUT2D eigenvalue weighted by molar-refractivity contribution is -0.116. The van der Waals surface area contributed by atoms with Crippen LogP contribution < -0.4 is 0 Å². The van der Waals surface area contributed by atoms with Crippen LogP contribution in [0, 0.1) is 0 Å². The zero-order valence-electron chi connectivity index (χ0n) is 14.7. The lowest BCUT2D eigenvalue weighted by atomic mass is 9.75. The second kappa shape index (κ2) is 6.64. The standard InChI is InChI=1S/C22H23NOS/c1-3-23-15(2)12-18(21-10-7-11-25-21)22-19(23)13-17(14-20(22)24)16-8-5-4-6-9-16/h4-12,17-18H,3,13-14H2,1-2H3. The van der Waals surface area contributed by atoms with Gasteiger partial charge in [0.05, 0.1) is 0 Å². The van der Waals surface area contributed by atoms with Gasteiger partial charge >= 0.3 is 0 Å². The second-order valence-corrected chi connectivity index (χ2v) is 7.82. The van der Waals surface area contributed by atoms with Crippen molar-refractivity contribution < 1.29 is 4.79 Å². The third kappa shape index (κ3) is 2.87. The van der Waals surface area contributed by atoms with Crippen LogP contribution >= 0.6 is 11.3 Å². The van der Waals surface area contributed by atoms with Crippen LogP contribution in [0.25, 0.3) is 0 Å². The maximum atomic E-state index is 13.2. The molecule has 4 rings (SSSR count). The number of allylic oxidation sites excluding steroid dienone is 4. The van der Waals surface area contributed by atoms with E-state index in [2.05, 4.69) is 66.6 Å². The van der Waals surface area contributed by atoms with Crippen molar-refractivity contribution in [3.8, 4) is 0 Å². The summed E-state index contributed by atoms with van der Waals surface area (Å²) in [6.45, 7) is 5.25. The number of carbonyl (C=O) groups excluding carboxylic acids is 1. The molecule has 1 aliphatic carbocycles. The van der Waals surface area contributed by atoms with Gasteiger partial charge in [0.2, 0.25) is 0 Å². The van der Waals surface area contributed by atoms with Crippen molar-refractivity contribution in [2.75, 3.05) is 6.54 Å². The molecule has 2 atom stereocenters. The van der Waals surface area contributed by atoms with Crippen molar-refractivity contribution in [3.63, 3.8) is 0 Å². The number of ketones is 1. The molecule has 0 amide bonds. The molecule has 2 aromatic rings. The molecule has 128 valence electrons. The molecule has 0 radical (unpaired) electrons. The highest BCUT2D eigenvalue weighted by Crippen LogP contribution is 2.46. The van der Waals surface area contributed by atoms with Crippen molar-refractivity contribution in [2.45, 2.75) is 38.5 Å². The molecule has 0 saturated heterocycles. The van der Waals surface area contributed by atoms with Gasteiger partial charge in [0.25, 0.3) is 0 Å². The van der Waals surface area contributed by atoms with E-state index in [1.807, 2.05) is 6.07 Å². The van der Waals surface area contributed by atoms with Crippen LogP contribution in [0.2, 0.25) is 0 Å². The Hall–Kier alpha value is -2.13. The summed E-state index contributed by atoms with van der Waals surface area (Å²) in [4.78, 5) is 16.8. The van der Waals surface area contributed by atoms with Crippen LogP contribution in [-0.2, 0) is 4.79 Å². The van der Waals surface area contributed by atoms with E-state index < -0.39 is 0 Å². The first kappa shape index (κ1) is 16.3. The second-order valence-electron chi connectivity index (χ2n) is 6.84. The maximum absolute atomic E-state index is 13.2. The number of nitrogens with zero attached hydrogens (tertiary/aromatic N) is 1. The molecule has 1 aromatic carbocycles. The van der Waals surface area contributed by atoms with E-state index in [-0.39, 0.29) is 11.8 Å².